The van der Waals surface area contributed by atoms with Crippen LogP contribution in [-0.4, -0.2) is 88.5 Å². The number of nitrogens with zero attached hydrogens (tertiary/aromatic N) is 3. The maximum Gasteiger partial charge on any atom is 0.410 e. The zero-order valence-corrected chi connectivity index (χ0v) is 30.4. The summed E-state index contributed by atoms with van der Waals surface area (Å²) in [5.74, 6) is -1.42. The molecular weight excluding hydrogens is 618 g/mol. The molecule has 9 nitrogen and oxygen atoms in total. The molecule has 1 aliphatic heterocycles. The van der Waals surface area contributed by atoms with Gasteiger partial charge in [0.05, 0.1) is 6.04 Å². The molecule has 0 unspecified atom stereocenters. The highest BCUT2D eigenvalue weighted by Crippen LogP contribution is 2.35. The van der Waals surface area contributed by atoms with E-state index < -0.39 is 29.7 Å². The van der Waals surface area contributed by atoms with Crippen molar-refractivity contribution in [3.8, 4) is 0 Å². The average molecular weight is 674 g/mol. The van der Waals surface area contributed by atoms with Crippen molar-refractivity contribution in [3.05, 3.63) is 71.3 Å². The van der Waals surface area contributed by atoms with Crippen molar-refractivity contribution in [2.75, 3.05) is 26.7 Å². The Kier molecular flexibility index (Phi) is 12.8. The van der Waals surface area contributed by atoms with Crippen molar-refractivity contribution in [2.45, 2.75) is 110 Å². The Bertz CT molecular complexity index is 1480. The van der Waals surface area contributed by atoms with E-state index in [2.05, 4.69) is 12.1 Å². The molecule has 2 aliphatic rings. The number of aryl methyl sites for hydroxylation is 2. The highest BCUT2D eigenvalue weighted by atomic mass is 16.6. The molecule has 9 heteroatoms. The first-order chi connectivity index (χ1) is 23.2. The molecule has 3 amide bonds. The molecule has 1 saturated heterocycles. The molecule has 266 valence electrons. The number of hydrogen-bond donors (Lipinski definition) is 0. The first-order valence-corrected chi connectivity index (χ1v) is 17.9. The molecular formula is C40H55N3O6. The van der Waals surface area contributed by atoms with E-state index in [1.54, 1.807) is 37.5 Å². The number of carbonyl (C=O) groups excluding carboxylic acids is 5. The van der Waals surface area contributed by atoms with Crippen LogP contribution in [0.5, 0.6) is 0 Å². The highest BCUT2D eigenvalue weighted by Gasteiger charge is 2.41. The van der Waals surface area contributed by atoms with Crippen LogP contribution in [0.3, 0.4) is 0 Å². The number of ketones is 2. The first-order valence-electron chi connectivity index (χ1n) is 17.9. The number of Topliss-reactive ketones (excluding diaryl/α,β-unsaturated/α-hetero) is 2. The number of benzene rings is 2. The van der Waals surface area contributed by atoms with Crippen LogP contribution in [0.1, 0.15) is 96.3 Å². The molecule has 4 rings (SSSR count). The molecule has 1 heterocycles. The Balaban J connectivity index is 1.53. The zero-order chi connectivity index (χ0) is 35.9. The van der Waals surface area contributed by atoms with Gasteiger partial charge in [-0.05, 0) is 81.9 Å². The molecule has 0 N–H and O–H groups in total. The molecule has 4 atom stereocenters. The van der Waals surface area contributed by atoms with Gasteiger partial charge in [-0.3, -0.25) is 19.2 Å². The van der Waals surface area contributed by atoms with E-state index in [1.165, 1.54) is 23.1 Å². The fourth-order valence-electron chi connectivity index (χ4n) is 6.96. The van der Waals surface area contributed by atoms with Crippen LogP contribution >= 0.6 is 0 Å². The lowest BCUT2D eigenvalue weighted by atomic mass is 9.79. The third-order valence-electron chi connectivity index (χ3n) is 10.1. The summed E-state index contributed by atoms with van der Waals surface area (Å²) < 4.78 is 5.45. The van der Waals surface area contributed by atoms with Gasteiger partial charge >= 0.3 is 6.09 Å². The van der Waals surface area contributed by atoms with Gasteiger partial charge in [0.1, 0.15) is 11.6 Å². The summed E-state index contributed by atoms with van der Waals surface area (Å²) in [5.41, 5.74) is 2.82. The van der Waals surface area contributed by atoms with Crippen LogP contribution in [0.15, 0.2) is 54.6 Å². The van der Waals surface area contributed by atoms with Crippen molar-refractivity contribution in [2.24, 2.45) is 11.8 Å². The van der Waals surface area contributed by atoms with E-state index in [4.69, 9.17) is 4.74 Å². The molecule has 0 spiro atoms. The Morgan fingerprint density at radius 3 is 2.29 bits per heavy atom. The molecule has 2 aromatic rings. The summed E-state index contributed by atoms with van der Waals surface area (Å²) in [4.78, 5) is 73.0. The SMILES string of the molecule is CC(C)[C@H](CC(=O)[C@H](C)N(C)C(=O)OC(C)(C)C)C(=O)N1CCN(C(=O)CCc2ccccc2)C[C@H]1C(=O)C[C@@H]1CCCc2ccccc21. The molecule has 0 aromatic heterocycles. The number of piperazine rings is 1. The molecule has 0 radical (unpaired) electrons. The zero-order valence-electron chi connectivity index (χ0n) is 30.4. The lowest BCUT2D eigenvalue weighted by Gasteiger charge is -2.43. The smallest absolute Gasteiger partial charge is 0.410 e. The normalized spacial score (nSPS) is 19.1. The van der Waals surface area contributed by atoms with Crippen molar-refractivity contribution >= 4 is 29.5 Å². The Hall–Kier alpha value is -4.01. The predicted octanol–water partition coefficient (Wildman–Crippen LogP) is 6.22. The van der Waals surface area contributed by atoms with Crippen molar-refractivity contribution in [1.82, 2.24) is 14.7 Å². The van der Waals surface area contributed by atoms with Crippen molar-refractivity contribution in [3.63, 3.8) is 0 Å². The third kappa shape index (κ3) is 10.0. The minimum absolute atomic E-state index is 0.0358. The van der Waals surface area contributed by atoms with Gasteiger partial charge in [0.15, 0.2) is 11.6 Å². The highest BCUT2D eigenvalue weighted by molar-refractivity contribution is 5.95. The summed E-state index contributed by atoms with van der Waals surface area (Å²) in [7, 11) is 1.52. The second-order valence-electron chi connectivity index (χ2n) is 15.1. The number of amides is 3. The maximum absolute atomic E-state index is 14.4. The van der Waals surface area contributed by atoms with Crippen LogP contribution in [-0.2, 0) is 36.8 Å². The van der Waals surface area contributed by atoms with E-state index in [0.717, 1.165) is 24.8 Å². The van der Waals surface area contributed by atoms with E-state index in [1.807, 2.05) is 56.3 Å². The van der Waals surface area contributed by atoms with E-state index >= 15 is 0 Å². The van der Waals surface area contributed by atoms with Crippen LogP contribution in [0, 0.1) is 11.8 Å². The van der Waals surface area contributed by atoms with Gasteiger partial charge in [0, 0.05) is 51.9 Å². The maximum atomic E-state index is 14.4. The van der Waals surface area contributed by atoms with Gasteiger partial charge in [0.25, 0.3) is 0 Å². The van der Waals surface area contributed by atoms with Crippen LogP contribution in [0.2, 0.25) is 0 Å². The third-order valence-corrected chi connectivity index (χ3v) is 10.1. The molecule has 0 saturated carbocycles. The number of rotatable bonds is 12. The second kappa shape index (κ2) is 16.6. The topological polar surface area (TPSA) is 104 Å². The summed E-state index contributed by atoms with van der Waals surface area (Å²) in [6.45, 7) is 11.4. The fourth-order valence-corrected chi connectivity index (χ4v) is 6.96. The van der Waals surface area contributed by atoms with E-state index in [0.29, 0.717) is 25.8 Å². The summed E-state index contributed by atoms with van der Waals surface area (Å²) in [6.07, 6.45) is 3.42. The Morgan fingerprint density at radius 1 is 0.939 bits per heavy atom. The van der Waals surface area contributed by atoms with Gasteiger partial charge < -0.3 is 19.4 Å². The Labute approximate surface area is 292 Å². The van der Waals surface area contributed by atoms with Gasteiger partial charge in [-0.1, -0.05) is 68.4 Å². The average Bonchev–Trinajstić information content (AvgIpc) is 3.07. The fraction of sp³-hybridized carbons (Fsp3) is 0.575. The largest absolute Gasteiger partial charge is 0.444 e. The minimum Gasteiger partial charge on any atom is -0.444 e. The predicted molar refractivity (Wildman–Crippen MR) is 190 cm³/mol. The van der Waals surface area contributed by atoms with Gasteiger partial charge in [-0.25, -0.2) is 4.79 Å². The lowest BCUT2D eigenvalue weighted by molar-refractivity contribution is -0.152. The molecule has 1 fully saturated rings. The van der Waals surface area contributed by atoms with Crippen LogP contribution in [0.25, 0.3) is 0 Å². The van der Waals surface area contributed by atoms with Crippen molar-refractivity contribution in [1.29, 1.82) is 0 Å². The molecule has 1 aliphatic carbocycles. The van der Waals surface area contributed by atoms with Crippen molar-refractivity contribution < 1.29 is 28.7 Å². The number of likely N-dealkylation sites (N-methyl/N-ethyl adjacent to an activating group) is 1. The number of ether oxygens (including phenoxy) is 1. The number of fused-ring (bicyclic) bond motifs is 1. The van der Waals surface area contributed by atoms with Crippen LogP contribution in [0.4, 0.5) is 4.79 Å². The number of carbonyl (C=O) groups is 5. The van der Waals surface area contributed by atoms with Crippen LogP contribution < -0.4 is 0 Å². The summed E-state index contributed by atoms with van der Waals surface area (Å²) in [6, 6.07) is 16.5. The van der Waals surface area contributed by atoms with E-state index in [-0.39, 0.29) is 54.7 Å². The monoisotopic (exact) mass is 673 g/mol. The summed E-state index contributed by atoms with van der Waals surface area (Å²) >= 11 is 0. The quantitative estimate of drug-likeness (QED) is 0.265. The van der Waals surface area contributed by atoms with E-state index in [9.17, 15) is 24.0 Å². The second-order valence-corrected chi connectivity index (χ2v) is 15.1. The minimum atomic E-state index is -0.799. The van der Waals surface area contributed by atoms with Gasteiger partial charge in [0.2, 0.25) is 11.8 Å². The first kappa shape index (κ1) is 37.8. The molecule has 0 bridgehead atoms. The number of hydrogen-bond acceptors (Lipinski definition) is 6. The molecule has 2 aromatic carbocycles. The van der Waals surface area contributed by atoms with Gasteiger partial charge in [-0.15, -0.1) is 0 Å². The molecule has 49 heavy (non-hydrogen) atoms. The lowest BCUT2D eigenvalue weighted by Crippen LogP contribution is -2.61. The van der Waals surface area contributed by atoms with Gasteiger partial charge in [-0.2, -0.15) is 0 Å². The Morgan fingerprint density at radius 2 is 1.61 bits per heavy atom. The standard InChI is InChI=1S/C40H55N3O6/c1-27(2)33(25-35(44)28(3)41(7)39(48)49-40(4,5)6)38(47)43-23-22-42(37(46)21-20-29-14-9-8-10-15-29)26-34(43)36(45)24-31-18-13-17-30-16-11-12-19-32(30)31/h8-12,14-16,19,27-28,31,33-34H,13,17-18,20-26H2,1-7H3/t28-,31-,33-,34-/m0/s1. The summed E-state index contributed by atoms with van der Waals surface area (Å²) in [5, 5.41) is 0.